The summed E-state index contributed by atoms with van der Waals surface area (Å²) in [5, 5.41) is 0. The molecule has 138 valence electrons. The van der Waals surface area contributed by atoms with E-state index < -0.39 is 0 Å². The Morgan fingerprint density at radius 1 is 0.920 bits per heavy atom. The van der Waals surface area contributed by atoms with Crippen LogP contribution in [0.3, 0.4) is 0 Å². The van der Waals surface area contributed by atoms with Crippen LogP contribution in [0, 0.1) is 17.8 Å². The van der Waals surface area contributed by atoms with Gasteiger partial charge >= 0.3 is 0 Å². The largest absolute Gasteiger partial charge is 0.494 e. The van der Waals surface area contributed by atoms with Gasteiger partial charge in [-0.3, -0.25) is 0 Å². The Morgan fingerprint density at radius 3 is 2.28 bits per heavy atom. The molecular weight excluding hydrogens is 304 g/mol. The average Bonchev–Trinajstić information content (AvgIpc) is 2.68. The molecule has 0 aromatic heterocycles. The van der Waals surface area contributed by atoms with E-state index >= 15 is 0 Å². The van der Waals surface area contributed by atoms with Crippen molar-refractivity contribution in [2.45, 2.75) is 78.1 Å². The van der Waals surface area contributed by atoms with Crippen LogP contribution >= 0.6 is 0 Å². The fraction of sp³-hybridized carbons (Fsp3) is 0.667. The predicted molar refractivity (Wildman–Crippen MR) is 108 cm³/mol. The monoisotopic (exact) mass is 340 g/mol. The molecule has 1 heteroatoms. The van der Waals surface area contributed by atoms with Gasteiger partial charge in [-0.05, 0) is 80.1 Å². The van der Waals surface area contributed by atoms with E-state index in [1.54, 1.807) is 5.57 Å². The normalized spacial score (nSPS) is 27.0. The predicted octanol–water partition coefficient (Wildman–Crippen LogP) is 7.27. The van der Waals surface area contributed by atoms with Crippen molar-refractivity contribution in [1.82, 2.24) is 0 Å². The van der Waals surface area contributed by atoms with E-state index in [1.165, 1.54) is 69.8 Å². The van der Waals surface area contributed by atoms with Gasteiger partial charge in [-0.15, -0.1) is 0 Å². The van der Waals surface area contributed by atoms with Crippen LogP contribution in [-0.4, -0.2) is 6.61 Å². The highest BCUT2D eigenvalue weighted by Gasteiger charge is 2.28. The van der Waals surface area contributed by atoms with Gasteiger partial charge in [-0.25, -0.2) is 0 Å². The first-order chi connectivity index (χ1) is 12.3. The van der Waals surface area contributed by atoms with Gasteiger partial charge in [0.2, 0.25) is 0 Å². The Kier molecular flexibility index (Phi) is 7.02. The molecule has 1 unspecified atom stereocenters. The molecule has 2 aliphatic rings. The summed E-state index contributed by atoms with van der Waals surface area (Å²) in [6.07, 6.45) is 16.7. The van der Waals surface area contributed by atoms with Crippen molar-refractivity contribution in [1.29, 1.82) is 0 Å². The number of unbranched alkanes of at least 4 members (excludes halogenated alkanes) is 1. The molecule has 25 heavy (non-hydrogen) atoms. The number of ether oxygens (including phenoxy) is 1. The third kappa shape index (κ3) is 5.12. The highest BCUT2D eigenvalue weighted by Crippen LogP contribution is 2.42. The molecular formula is C24H36O. The first-order valence-corrected chi connectivity index (χ1v) is 10.7. The number of benzene rings is 1. The molecule has 0 heterocycles. The van der Waals surface area contributed by atoms with Gasteiger partial charge in [0.25, 0.3) is 0 Å². The quantitative estimate of drug-likeness (QED) is 0.507. The van der Waals surface area contributed by atoms with E-state index in [-0.39, 0.29) is 0 Å². The lowest BCUT2D eigenvalue weighted by atomic mass is 9.70. The van der Waals surface area contributed by atoms with Crippen molar-refractivity contribution in [3.05, 3.63) is 35.9 Å². The first-order valence-electron chi connectivity index (χ1n) is 10.7. The molecule has 1 fully saturated rings. The lowest BCUT2D eigenvalue weighted by Crippen LogP contribution is -2.23. The molecule has 2 aliphatic carbocycles. The zero-order chi connectivity index (χ0) is 17.5. The van der Waals surface area contributed by atoms with Gasteiger partial charge in [-0.1, -0.05) is 57.2 Å². The minimum Gasteiger partial charge on any atom is -0.494 e. The maximum atomic E-state index is 5.56. The van der Waals surface area contributed by atoms with Crippen molar-refractivity contribution in [3.8, 4) is 5.75 Å². The number of rotatable bonds is 7. The maximum absolute atomic E-state index is 5.56. The summed E-state index contributed by atoms with van der Waals surface area (Å²) >= 11 is 0. The van der Waals surface area contributed by atoms with Crippen molar-refractivity contribution < 1.29 is 4.74 Å². The van der Waals surface area contributed by atoms with E-state index in [9.17, 15) is 0 Å². The molecule has 1 aromatic carbocycles. The van der Waals surface area contributed by atoms with Crippen LogP contribution in [0.4, 0.5) is 0 Å². The summed E-state index contributed by atoms with van der Waals surface area (Å²) in [7, 11) is 0. The molecule has 1 nitrogen and oxygen atoms in total. The lowest BCUT2D eigenvalue weighted by Gasteiger charge is -2.35. The molecule has 0 amide bonds. The van der Waals surface area contributed by atoms with E-state index in [0.29, 0.717) is 0 Å². The lowest BCUT2D eigenvalue weighted by molar-refractivity contribution is 0.188. The second kappa shape index (κ2) is 9.46. The van der Waals surface area contributed by atoms with Crippen molar-refractivity contribution in [3.63, 3.8) is 0 Å². The Hall–Kier alpha value is -1.24. The van der Waals surface area contributed by atoms with Crippen LogP contribution in [0.2, 0.25) is 0 Å². The van der Waals surface area contributed by atoms with Crippen LogP contribution in [0.1, 0.15) is 83.6 Å². The molecule has 3 rings (SSSR count). The minimum absolute atomic E-state index is 0.740. The smallest absolute Gasteiger partial charge is 0.119 e. The number of allylic oxidation sites excluding steroid dienone is 2. The zero-order valence-electron chi connectivity index (χ0n) is 16.3. The highest BCUT2D eigenvalue weighted by atomic mass is 16.5. The molecule has 0 spiro atoms. The summed E-state index contributed by atoms with van der Waals surface area (Å²) in [4.78, 5) is 0. The molecule has 1 atom stereocenters. The minimum atomic E-state index is 0.740. The van der Waals surface area contributed by atoms with Gasteiger partial charge in [-0.2, -0.15) is 0 Å². The second-order valence-corrected chi connectivity index (χ2v) is 8.14. The third-order valence-corrected chi connectivity index (χ3v) is 6.51. The second-order valence-electron chi connectivity index (χ2n) is 8.14. The molecule has 1 saturated carbocycles. The fourth-order valence-electron chi connectivity index (χ4n) is 4.92. The zero-order valence-corrected chi connectivity index (χ0v) is 16.3. The van der Waals surface area contributed by atoms with Gasteiger partial charge < -0.3 is 4.74 Å². The first kappa shape index (κ1) is 18.5. The fourth-order valence-corrected chi connectivity index (χ4v) is 4.92. The van der Waals surface area contributed by atoms with Crippen molar-refractivity contribution >= 4 is 5.57 Å². The molecule has 0 aliphatic heterocycles. The maximum Gasteiger partial charge on any atom is 0.119 e. The molecule has 0 bridgehead atoms. The molecule has 1 aromatic rings. The molecule has 0 N–H and O–H groups in total. The SMILES string of the molecule is CCCCC1CCC(C2CC=C(c3ccc(OCC)cc3)CC2)CC1. The average molecular weight is 341 g/mol. The van der Waals surface area contributed by atoms with Crippen LogP contribution in [0.25, 0.3) is 5.57 Å². The molecule has 0 saturated heterocycles. The van der Waals surface area contributed by atoms with Gasteiger partial charge in [0.05, 0.1) is 6.61 Å². The van der Waals surface area contributed by atoms with Crippen LogP contribution in [0.5, 0.6) is 5.75 Å². The standard InChI is InChI=1S/C24H36O/c1-3-5-6-19-7-9-20(10-8-19)21-11-13-22(14-12-21)23-15-17-24(18-16-23)25-4-2/h13,15-21H,3-12,14H2,1-2H3. The Bertz CT molecular complexity index is 534. The summed E-state index contributed by atoms with van der Waals surface area (Å²) < 4.78 is 5.56. The Labute approximate surface area is 154 Å². The number of hydrogen-bond acceptors (Lipinski definition) is 1. The summed E-state index contributed by atoms with van der Waals surface area (Å²) in [5.41, 5.74) is 2.95. The Morgan fingerprint density at radius 2 is 1.68 bits per heavy atom. The van der Waals surface area contributed by atoms with E-state index in [2.05, 4.69) is 37.3 Å². The number of hydrogen-bond donors (Lipinski definition) is 0. The summed E-state index contributed by atoms with van der Waals surface area (Å²) in [5.74, 6) is 3.96. The van der Waals surface area contributed by atoms with Gasteiger partial charge in [0, 0.05) is 0 Å². The van der Waals surface area contributed by atoms with Gasteiger partial charge in [0.1, 0.15) is 5.75 Å². The topological polar surface area (TPSA) is 9.23 Å². The van der Waals surface area contributed by atoms with E-state index in [4.69, 9.17) is 4.74 Å². The van der Waals surface area contributed by atoms with Crippen molar-refractivity contribution in [2.24, 2.45) is 17.8 Å². The van der Waals surface area contributed by atoms with Gasteiger partial charge in [0.15, 0.2) is 0 Å². The van der Waals surface area contributed by atoms with E-state index in [1.807, 2.05) is 6.92 Å². The molecule has 0 radical (unpaired) electrons. The van der Waals surface area contributed by atoms with Crippen LogP contribution in [0.15, 0.2) is 30.3 Å². The highest BCUT2D eigenvalue weighted by molar-refractivity contribution is 5.66. The van der Waals surface area contributed by atoms with Crippen LogP contribution < -0.4 is 4.74 Å². The van der Waals surface area contributed by atoms with E-state index in [0.717, 1.165) is 30.1 Å². The van der Waals surface area contributed by atoms with Crippen LogP contribution in [-0.2, 0) is 0 Å². The summed E-state index contributed by atoms with van der Waals surface area (Å²) in [6, 6.07) is 8.69. The van der Waals surface area contributed by atoms with Crippen molar-refractivity contribution in [2.75, 3.05) is 6.61 Å². The third-order valence-electron chi connectivity index (χ3n) is 6.51. The summed E-state index contributed by atoms with van der Waals surface area (Å²) in [6.45, 7) is 5.10. The Balaban J connectivity index is 1.49.